The Labute approximate surface area is 95.1 Å². The van der Waals surface area contributed by atoms with Gasteiger partial charge in [0.05, 0.1) is 5.69 Å². The van der Waals surface area contributed by atoms with Crippen LogP contribution in [0.2, 0.25) is 0 Å². The summed E-state index contributed by atoms with van der Waals surface area (Å²) in [6, 6.07) is 2.16. The van der Waals surface area contributed by atoms with Gasteiger partial charge in [-0.1, -0.05) is 13.8 Å². The van der Waals surface area contributed by atoms with Gasteiger partial charge in [-0.2, -0.15) is 5.10 Å². The van der Waals surface area contributed by atoms with Crippen molar-refractivity contribution in [1.82, 2.24) is 24.5 Å². The quantitative estimate of drug-likeness (QED) is 0.776. The summed E-state index contributed by atoms with van der Waals surface area (Å²) in [6.45, 7) is 4.96. The Morgan fingerprint density at radius 2 is 2.06 bits per heavy atom. The number of aryl methyl sites for hydroxylation is 3. The molecule has 0 aromatic carbocycles. The molecule has 0 bridgehead atoms. The SMILES string of the molecule is CCc1cc(CC)n(Cc2nncn2C)n1. The van der Waals surface area contributed by atoms with Gasteiger partial charge in [-0.15, -0.1) is 10.2 Å². The van der Waals surface area contributed by atoms with Crippen LogP contribution in [0.4, 0.5) is 0 Å². The molecule has 2 aromatic rings. The van der Waals surface area contributed by atoms with Crippen LogP contribution >= 0.6 is 0 Å². The molecule has 5 nitrogen and oxygen atoms in total. The minimum Gasteiger partial charge on any atom is -0.319 e. The maximum atomic E-state index is 4.55. The van der Waals surface area contributed by atoms with Crippen LogP contribution < -0.4 is 0 Å². The molecule has 0 amide bonds. The summed E-state index contributed by atoms with van der Waals surface area (Å²) >= 11 is 0. The molecule has 0 aliphatic rings. The molecular formula is C11H17N5. The Morgan fingerprint density at radius 1 is 1.25 bits per heavy atom. The van der Waals surface area contributed by atoms with Crippen LogP contribution in [-0.2, 0) is 26.4 Å². The van der Waals surface area contributed by atoms with Crippen molar-refractivity contribution in [3.8, 4) is 0 Å². The molecule has 0 aliphatic heterocycles. The van der Waals surface area contributed by atoms with Gasteiger partial charge in [-0.25, -0.2) is 0 Å². The summed E-state index contributed by atoms with van der Waals surface area (Å²) in [4.78, 5) is 0. The molecule has 0 radical (unpaired) electrons. The third-order valence-corrected chi connectivity index (χ3v) is 2.73. The van der Waals surface area contributed by atoms with Gasteiger partial charge in [0.1, 0.15) is 12.9 Å². The van der Waals surface area contributed by atoms with Gasteiger partial charge in [0.15, 0.2) is 5.82 Å². The average molecular weight is 219 g/mol. The molecule has 0 saturated heterocycles. The molecule has 86 valence electrons. The lowest BCUT2D eigenvalue weighted by molar-refractivity contribution is 0.598. The second kappa shape index (κ2) is 4.47. The lowest BCUT2D eigenvalue weighted by Gasteiger charge is -2.04. The smallest absolute Gasteiger partial charge is 0.154 e. The topological polar surface area (TPSA) is 48.5 Å². The second-order valence-corrected chi connectivity index (χ2v) is 3.85. The molecule has 0 saturated carbocycles. The first kappa shape index (κ1) is 10.9. The van der Waals surface area contributed by atoms with E-state index in [0.29, 0.717) is 6.54 Å². The molecule has 5 heteroatoms. The first-order chi connectivity index (χ1) is 7.74. The Kier molecular flexibility index (Phi) is 3.03. The Balaban J connectivity index is 2.26. The van der Waals surface area contributed by atoms with Crippen LogP contribution in [0.3, 0.4) is 0 Å². The summed E-state index contributed by atoms with van der Waals surface area (Å²) in [5.74, 6) is 0.931. The van der Waals surface area contributed by atoms with Gasteiger partial charge in [0.25, 0.3) is 0 Å². The van der Waals surface area contributed by atoms with Crippen molar-refractivity contribution in [2.75, 3.05) is 0 Å². The molecule has 2 rings (SSSR count). The van der Waals surface area contributed by atoms with E-state index in [1.165, 1.54) is 5.69 Å². The van der Waals surface area contributed by atoms with E-state index in [1.807, 2.05) is 16.3 Å². The van der Waals surface area contributed by atoms with Gasteiger partial charge in [0.2, 0.25) is 0 Å². The van der Waals surface area contributed by atoms with Gasteiger partial charge in [0, 0.05) is 12.7 Å². The summed E-state index contributed by atoms with van der Waals surface area (Å²) < 4.78 is 3.94. The highest BCUT2D eigenvalue weighted by Crippen LogP contribution is 2.08. The second-order valence-electron chi connectivity index (χ2n) is 3.85. The Morgan fingerprint density at radius 3 is 2.62 bits per heavy atom. The highest BCUT2D eigenvalue weighted by molar-refractivity contribution is 5.11. The molecule has 0 fully saturated rings. The monoisotopic (exact) mass is 219 g/mol. The van der Waals surface area contributed by atoms with E-state index in [-0.39, 0.29) is 0 Å². The maximum absolute atomic E-state index is 4.55. The van der Waals surface area contributed by atoms with Crippen molar-refractivity contribution in [1.29, 1.82) is 0 Å². The maximum Gasteiger partial charge on any atom is 0.154 e. The Hall–Kier alpha value is -1.65. The van der Waals surface area contributed by atoms with Gasteiger partial charge < -0.3 is 4.57 Å². The van der Waals surface area contributed by atoms with E-state index in [4.69, 9.17) is 0 Å². The molecule has 0 spiro atoms. The normalized spacial score (nSPS) is 10.9. The number of hydrogen-bond donors (Lipinski definition) is 0. The predicted molar refractivity (Wildman–Crippen MR) is 61.1 cm³/mol. The van der Waals surface area contributed by atoms with E-state index in [9.17, 15) is 0 Å². The van der Waals surface area contributed by atoms with E-state index in [1.54, 1.807) is 6.33 Å². The zero-order valence-electron chi connectivity index (χ0n) is 10.0. The highest BCUT2D eigenvalue weighted by atomic mass is 15.3. The van der Waals surface area contributed by atoms with Gasteiger partial charge in [-0.05, 0) is 18.9 Å². The summed E-state index contributed by atoms with van der Waals surface area (Å²) in [7, 11) is 1.95. The first-order valence-corrected chi connectivity index (χ1v) is 5.63. The molecular weight excluding hydrogens is 202 g/mol. The third kappa shape index (κ3) is 1.98. The number of aromatic nitrogens is 5. The van der Waals surface area contributed by atoms with Gasteiger partial charge in [-0.3, -0.25) is 4.68 Å². The fourth-order valence-corrected chi connectivity index (χ4v) is 1.69. The van der Waals surface area contributed by atoms with Crippen molar-refractivity contribution >= 4 is 0 Å². The summed E-state index contributed by atoms with van der Waals surface area (Å²) in [5.41, 5.74) is 2.39. The van der Waals surface area contributed by atoms with Crippen LogP contribution in [0, 0.1) is 0 Å². The van der Waals surface area contributed by atoms with Crippen molar-refractivity contribution in [2.24, 2.45) is 7.05 Å². The van der Waals surface area contributed by atoms with Crippen molar-refractivity contribution in [3.05, 3.63) is 29.6 Å². The van der Waals surface area contributed by atoms with E-state index < -0.39 is 0 Å². The van der Waals surface area contributed by atoms with Crippen LogP contribution in [0.5, 0.6) is 0 Å². The minimum absolute atomic E-state index is 0.694. The van der Waals surface area contributed by atoms with Crippen LogP contribution in [0.15, 0.2) is 12.4 Å². The zero-order valence-corrected chi connectivity index (χ0v) is 10.0. The molecule has 2 heterocycles. The molecule has 16 heavy (non-hydrogen) atoms. The van der Waals surface area contributed by atoms with Crippen molar-refractivity contribution < 1.29 is 0 Å². The standard InChI is InChI=1S/C11H17N5/c1-4-9-6-10(5-2)16(14-9)7-11-13-12-8-15(11)3/h6,8H,4-5,7H2,1-3H3. The van der Waals surface area contributed by atoms with Crippen LogP contribution in [-0.4, -0.2) is 24.5 Å². The van der Waals surface area contributed by atoms with Crippen molar-refractivity contribution in [3.63, 3.8) is 0 Å². The number of hydrogen-bond acceptors (Lipinski definition) is 3. The third-order valence-electron chi connectivity index (χ3n) is 2.73. The van der Waals surface area contributed by atoms with Crippen LogP contribution in [0.25, 0.3) is 0 Å². The number of rotatable bonds is 4. The fraction of sp³-hybridized carbons (Fsp3) is 0.545. The zero-order chi connectivity index (χ0) is 11.5. The van der Waals surface area contributed by atoms with E-state index in [0.717, 1.165) is 24.4 Å². The molecule has 0 unspecified atom stereocenters. The summed E-state index contributed by atoms with van der Waals surface area (Å²) in [5, 5.41) is 12.5. The Bertz CT molecular complexity index is 468. The highest BCUT2D eigenvalue weighted by Gasteiger charge is 2.08. The van der Waals surface area contributed by atoms with Gasteiger partial charge >= 0.3 is 0 Å². The first-order valence-electron chi connectivity index (χ1n) is 5.63. The fourth-order valence-electron chi connectivity index (χ4n) is 1.69. The number of nitrogens with zero attached hydrogens (tertiary/aromatic N) is 5. The lowest BCUT2D eigenvalue weighted by atomic mass is 10.2. The molecule has 0 N–H and O–H groups in total. The van der Waals surface area contributed by atoms with Crippen LogP contribution in [0.1, 0.15) is 31.1 Å². The van der Waals surface area contributed by atoms with E-state index >= 15 is 0 Å². The summed E-state index contributed by atoms with van der Waals surface area (Å²) in [6.07, 6.45) is 3.68. The molecule has 0 atom stereocenters. The van der Waals surface area contributed by atoms with Crippen molar-refractivity contribution in [2.45, 2.75) is 33.2 Å². The molecule has 2 aromatic heterocycles. The lowest BCUT2D eigenvalue weighted by Crippen LogP contribution is -2.10. The largest absolute Gasteiger partial charge is 0.319 e. The average Bonchev–Trinajstić information content (AvgIpc) is 2.86. The molecule has 0 aliphatic carbocycles. The predicted octanol–water partition coefficient (Wildman–Crippen LogP) is 1.18. The van der Waals surface area contributed by atoms with E-state index in [2.05, 4.69) is 35.2 Å². The minimum atomic E-state index is 0.694.